The van der Waals surface area contributed by atoms with Crippen LogP contribution in [0.2, 0.25) is 5.02 Å². The summed E-state index contributed by atoms with van der Waals surface area (Å²) in [5, 5.41) is 2.70. The lowest BCUT2D eigenvalue weighted by atomic mass is 9.95. The lowest BCUT2D eigenvalue weighted by molar-refractivity contribution is 0.544. The Morgan fingerprint density at radius 3 is 2.53 bits per heavy atom. The van der Waals surface area contributed by atoms with Crippen LogP contribution in [-0.2, 0) is 5.41 Å². The van der Waals surface area contributed by atoms with Crippen molar-refractivity contribution in [3.05, 3.63) is 33.0 Å². The zero-order chi connectivity index (χ0) is 12.6. The fraction of sp³-hybridized carbons (Fsp3) is 0.333. The molecule has 0 fully saturated rings. The second-order valence-corrected chi connectivity index (χ2v) is 6.88. The van der Waals surface area contributed by atoms with Crippen LogP contribution >= 0.6 is 38.9 Å². The van der Waals surface area contributed by atoms with E-state index in [-0.39, 0.29) is 5.41 Å². The standard InChI is InChI=1S/C12H12BrClN2S/c1-12(2,3)11-15-8(6-9(13)16-11)10-7(14)4-5-17-10/h4-6H,1-3H3. The molecule has 2 rings (SSSR count). The third-order valence-electron chi connectivity index (χ3n) is 2.22. The van der Waals surface area contributed by atoms with Gasteiger partial charge in [-0.25, -0.2) is 9.97 Å². The van der Waals surface area contributed by atoms with E-state index in [9.17, 15) is 0 Å². The van der Waals surface area contributed by atoms with Gasteiger partial charge in [0, 0.05) is 5.41 Å². The highest BCUT2D eigenvalue weighted by molar-refractivity contribution is 9.10. The molecule has 0 aromatic carbocycles. The lowest BCUT2D eigenvalue weighted by Gasteiger charge is -2.17. The molecule has 0 amide bonds. The van der Waals surface area contributed by atoms with Crippen molar-refractivity contribution in [3.63, 3.8) is 0 Å². The Hall–Kier alpha value is -0.450. The van der Waals surface area contributed by atoms with Gasteiger partial charge >= 0.3 is 0 Å². The molecule has 0 spiro atoms. The van der Waals surface area contributed by atoms with Crippen molar-refractivity contribution in [2.75, 3.05) is 0 Å². The number of hydrogen-bond donors (Lipinski definition) is 0. The molecule has 0 atom stereocenters. The molecule has 0 aliphatic rings. The minimum absolute atomic E-state index is 0.0811. The smallest absolute Gasteiger partial charge is 0.135 e. The van der Waals surface area contributed by atoms with Gasteiger partial charge in [-0.05, 0) is 33.4 Å². The summed E-state index contributed by atoms with van der Waals surface area (Å²) >= 11 is 11.1. The number of nitrogens with zero attached hydrogens (tertiary/aromatic N) is 2. The van der Waals surface area contributed by atoms with Gasteiger partial charge < -0.3 is 0 Å². The molecular weight excluding hydrogens is 320 g/mol. The summed E-state index contributed by atoms with van der Waals surface area (Å²) in [5.41, 5.74) is 0.791. The van der Waals surface area contributed by atoms with Gasteiger partial charge in [0.25, 0.3) is 0 Å². The maximum Gasteiger partial charge on any atom is 0.135 e. The Balaban J connectivity index is 2.57. The van der Waals surface area contributed by atoms with E-state index in [4.69, 9.17) is 11.6 Å². The third kappa shape index (κ3) is 2.87. The van der Waals surface area contributed by atoms with Crippen LogP contribution in [0.1, 0.15) is 26.6 Å². The fourth-order valence-corrected chi connectivity index (χ4v) is 2.84. The van der Waals surface area contributed by atoms with Gasteiger partial charge in [-0.3, -0.25) is 0 Å². The van der Waals surface area contributed by atoms with Crippen LogP contribution in [0.15, 0.2) is 22.1 Å². The highest BCUT2D eigenvalue weighted by Crippen LogP contribution is 2.34. The molecule has 2 aromatic rings. The predicted octanol–water partition coefficient (Wildman–Crippen LogP) is 4.92. The summed E-state index contributed by atoms with van der Waals surface area (Å²) in [6, 6.07) is 3.78. The van der Waals surface area contributed by atoms with Crippen LogP contribution < -0.4 is 0 Å². The molecule has 0 unspecified atom stereocenters. The van der Waals surface area contributed by atoms with Crippen molar-refractivity contribution >= 4 is 38.9 Å². The van der Waals surface area contributed by atoms with Crippen LogP contribution in [0.5, 0.6) is 0 Å². The van der Waals surface area contributed by atoms with Crippen molar-refractivity contribution in [1.29, 1.82) is 0 Å². The van der Waals surface area contributed by atoms with Crippen LogP contribution in [-0.4, -0.2) is 9.97 Å². The van der Waals surface area contributed by atoms with Gasteiger partial charge in [0.1, 0.15) is 10.4 Å². The van der Waals surface area contributed by atoms with Crippen LogP contribution in [0.4, 0.5) is 0 Å². The summed E-state index contributed by atoms with van der Waals surface area (Å²) in [6.07, 6.45) is 0. The molecule has 5 heteroatoms. The van der Waals surface area contributed by atoms with E-state index in [0.29, 0.717) is 0 Å². The van der Waals surface area contributed by atoms with E-state index < -0.39 is 0 Å². The molecule has 2 nitrogen and oxygen atoms in total. The number of hydrogen-bond acceptors (Lipinski definition) is 3. The van der Waals surface area contributed by atoms with E-state index in [1.165, 1.54) is 0 Å². The molecule has 0 aliphatic carbocycles. The van der Waals surface area contributed by atoms with Crippen molar-refractivity contribution in [2.45, 2.75) is 26.2 Å². The normalized spacial score (nSPS) is 11.8. The molecule has 0 N–H and O–H groups in total. The van der Waals surface area contributed by atoms with E-state index in [2.05, 4.69) is 46.7 Å². The van der Waals surface area contributed by atoms with E-state index in [0.717, 1.165) is 26.0 Å². The molecule has 2 aromatic heterocycles. The van der Waals surface area contributed by atoms with Gasteiger partial charge in [0.05, 0.1) is 15.6 Å². The van der Waals surface area contributed by atoms with Gasteiger partial charge in [-0.1, -0.05) is 32.4 Å². The maximum atomic E-state index is 6.13. The largest absolute Gasteiger partial charge is 0.231 e. The predicted molar refractivity (Wildman–Crippen MR) is 76.8 cm³/mol. The van der Waals surface area contributed by atoms with E-state index in [1.807, 2.05) is 17.5 Å². The second-order valence-electron chi connectivity index (χ2n) is 4.75. The molecular formula is C12H12BrClN2S. The Morgan fingerprint density at radius 2 is 2.00 bits per heavy atom. The highest BCUT2D eigenvalue weighted by Gasteiger charge is 2.20. The molecule has 2 heterocycles. The first kappa shape index (κ1) is 13.0. The Labute approximate surface area is 118 Å². The van der Waals surface area contributed by atoms with Gasteiger partial charge in [0.2, 0.25) is 0 Å². The van der Waals surface area contributed by atoms with Gasteiger partial charge in [0.15, 0.2) is 0 Å². The van der Waals surface area contributed by atoms with Crippen molar-refractivity contribution in [1.82, 2.24) is 9.97 Å². The lowest BCUT2D eigenvalue weighted by Crippen LogP contribution is -2.16. The summed E-state index contributed by atoms with van der Waals surface area (Å²) < 4.78 is 0.789. The van der Waals surface area contributed by atoms with Crippen molar-refractivity contribution < 1.29 is 0 Å². The number of rotatable bonds is 1. The molecule has 90 valence electrons. The Morgan fingerprint density at radius 1 is 1.29 bits per heavy atom. The average Bonchev–Trinajstić information content (AvgIpc) is 2.62. The van der Waals surface area contributed by atoms with Crippen molar-refractivity contribution in [2.24, 2.45) is 0 Å². The zero-order valence-electron chi connectivity index (χ0n) is 9.79. The monoisotopic (exact) mass is 330 g/mol. The highest BCUT2D eigenvalue weighted by atomic mass is 79.9. The Kier molecular flexibility index (Phi) is 3.57. The topological polar surface area (TPSA) is 25.8 Å². The summed E-state index contributed by atoms with van der Waals surface area (Å²) in [5.74, 6) is 0.811. The van der Waals surface area contributed by atoms with Crippen LogP contribution in [0.25, 0.3) is 10.6 Å². The molecule has 0 bridgehead atoms. The van der Waals surface area contributed by atoms with Crippen molar-refractivity contribution in [3.8, 4) is 10.6 Å². The zero-order valence-corrected chi connectivity index (χ0v) is 12.9. The minimum Gasteiger partial charge on any atom is -0.231 e. The average molecular weight is 332 g/mol. The molecule has 17 heavy (non-hydrogen) atoms. The number of halogens is 2. The number of thiophene rings is 1. The summed E-state index contributed by atoms with van der Waals surface area (Å²) in [7, 11) is 0. The molecule has 0 aliphatic heterocycles. The fourth-order valence-electron chi connectivity index (χ4n) is 1.35. The third-order valence-corrected chi connectivity index (χ3v) is 3.99. The van der Waals surface area contributed by atoms with Gasteiger partial charge in [-0.2, -0.15) is 0 Å². The first-order chi connectivity index (χ1) is 7.88. The van der Waals surface area contributed by atoms with Crippen LogP contribution in [0, 0.1) is 0 Å². The Bertz CT molecular complexity index is 546. The molecule has 0 saturated heterocycles. The van der Waals surface area contributed by atoms with E-state index in [1.54, 1.807) is 11.3 Å². The first-order valence-corrected chi connectivity index (χ1v) is 7.21. The molecule has 0 saturated carbocycles. The number of aromatic nitrogens is 2. The molecule has 0 radical (unpaired) electrons. The van der Waals surface area contributed by atoms with Crippen LogP contribution in [0.3, 0.4) is 0 Å². The maximum absolute atomic E-state index is 6.13. The van der Waals surface area contributed by atoms with E-state index >= 15 is 0 Å². The minimum atomic E-state index is -0.0811. The first-order valence-electron chi connectivity index (χ1n) is 5.16. The second kappa shape index (κ2) is 4.67. The SMILES string of the molecule is CC(C)(C)c1nc(Br)cc(-c2sccc2Cl)n1. The quantitative estimate of drug-likeness (QED) is 0.693. The van der Waals surface area contributed by atoms with Gasteiger partial charge in [-0.15, -0.1) is 11.3 Å². The summed E-state index contributed by atoms with van der Waals surface area (Å²) in [4.78, 5) is 9.99. The summed E-state index contributed by atoms with van der Waals surface area (Å²) in [6.45, 7) is 6.28.